The van der Waals surface area contributed by atoms with Crippen molar-refractivity contribution in [2.75, 3.05) is 0 Å². The van der Waals surface area contributed by atoms with Gasteiger partial charge in [-0.05, 0) is 6.42 Å². The van der Waals surface area contributed by atoms with Gasteiger partial charge in [0.1, 0.15) is 6.10 Å². The molecule has 128 valence electrons. The molecule has 0 radical (unpaired) electrons. The lowest BCUT2D eigenvalue weighted by Gasteiger charge is -2.20. The summed E-state index contributed by atoms with van der Waals surface area (Å²) in [5, 5.41) is 10.2. The van der Waals surface area contributed by atoms with Crippen LogP contribution in [0.25, 0.3) is 0 Å². The Hall–Kier alpha value is -0.830. The number of carbonyl (C=O) groups is 1. The van der Waals surface area contributed by atoms with Crippen molar-refractivity contribution in [2.45, 2.75) is 96.2 Å². The van der Waals surface area contributed by atoms with Crippen LogP contribution in [0.4, 0.5) is 0 Å². The van der Waals surface area contributed by atoms with Gasteiger partial charge in [0, 0.05) is 5.92 Å². The van der Waals surface area contributed by atoms with Crippen molar-refractivity contribution in [3.8, 4) is 0 Å². The third kappa shape index (κ3) is 7.44. The SMILES string of the molecule is C=C[C@@H]1CC(=O)O[C@@H]1[C@@H](O)CCCCCCCCCCCC. The number of rotatable bonds is 13. The van der Waals surface area contributed by atoms with Crippen LogP contribution in [0.1, 0.15) is 84.0 Å². The molecule has 1 rings (SSSR count). The summed E-state index contributed by atoms with van der Waals surface area (Å²) < 4.78 is 5.21. The van der Waals surface area contributed by atoms with Crippen molar-refractivity contribution in [3.63, 3.8) is 0 Å². The largest absolute Gasteiger partial charge is 0.459 e. The van der Waals surface area contributed by atoms with E-state index in [1.54, 1.807) is 6.08 Å². The van der Waals surface area contributed by atoms with Crippen LogP contribution in [0, 0.1) is 5.92 Å². The van der Waals surface area contributed by atoms with E-state index in [-0.39, 0.29) is 18.0 Å². The highest BCUT2D eigenvalue weighted by molar-refractivity contribution is 5.72. The first-order valence-electron chi connectivity index (χ1n) is 9.19. The summed E-state index contributed by atoms with van der Waals surface area (Å²) in [4.78, 5) is 11.3. The number of hydrogen-bond acceptors (Lipinski definition) is 3. The topological polar surface area (TPSA) is 46.5 Å². The van der Waals surface area contributed by atoms with Crippen molar-refractivity contribution in [3.05, 3.63) is 12.7 Å². The second kappa shape index (κ2) is 11.7. The number of ether oxygens (including phenoxy) is 1. The van der Waals surface area contributed by atoms with Crippen LogP contribution >= 0.6 is 0 Å². The zero-order valence-electron chi connectivity index (χ0n) is 14.3. The van der Waals surface area contributed by atoms with Crippen molar-refractivity contribution in [1.29, 1.82) is 0 Å². The molecule has 0 aromatic heterocycles. The third-order valence-corrected chi connectivity index (χ3v) is 4.63. The minimum absolute atomic E-state index is 0.0226. The number of aliphatic hydroxyl groups is 1. The molecule has 22 heavy (non-hydrogen) atoms. The van der Waals surface area contributed by atoms with Gasteiger partial charge in [0.05, 0.1) is 12.5 Å². The van der Waals surface area contributed by atoms with Crippen molar-refractivity contribution < 1.29 is 14.6 Å². The number of hydrogen-bond donors (Lipinski definition) is 1. The minimum Gasteiger partial charge on any atom is -0.459 e. The summed E-state index contributed by atoms with van der Waals surface area (Å²) in [5.74, 6) is -0.234. The molecular formula is C19H34O3. The minimum atomic E-state index is -0.538. The molecule has 0 bridgehead atoms. The second-order valence-electron chi connectivity index (χ2n) is 6.60. The van der Waals surface area contributed by atoms with Gasteiger partial charge in [-0.3, -0.25) is 4.79 Å². The normalized spacial score (nSPS) is 22.5. The van der Waals surface area contributed by atoms with Crippen LogP contribution in [0.2, 0.25) is 0 Å². The quantitative estimate of drug-likeness (QED) is 0.302. The molecule has 0 saturated carbocycles. The summed E-state index contributed by atoms with van der Waals surface area (Å²) >= 11 is 0. The molecule has 1 heterocycles. The van der Waals surface area contributed by atoms with Crippen LogP contribution in [0.5, 0.6) is 0 Å². The zero-order valence-corrected chi connectivity index (χ0v) is 14.3. The Morgan fingerprint density at radius 2 is 1.68 bits per heavy atom. The molecule has 1 saturated heterocycles. The number of esters is 1. The van der Waals surface area contributed by atoms with E-state index in [1.165, 1.54) is 51.4 Å². The Morgan fingerprint density at radius 3 is 2.23 bits per heavy atom. The average Bonchev–Trinajstić information content (AvgIpc) is 2.90. The molecule has 1 aliphatic rings. The molecule has 1 N–H and O–H groups in total. The molecule has 0 aliphatic carbocycles. The zero-order chi connectivity index (χ0) is 16.2. The van der Waals surface area contributed by atoms with E-state index in [0.29, 0.717) is 6.42 Å². The smallest absolute Gasteiger partial charge is 0.306 e. The summed E-state index contributed by atoms with van der Waals surface area (Å²) in [7, 11) is 0. The highest BCUT2D eigenvalue weighted by Crippen LogP contribution is 2.27. The molecule has 0 aromatic carbocycles. The predicted octanol–water partition coefficient (Wildman–Crippen LogP) is 4.78. The monoisotopic (exact) mass is 310 g/mol. The lowest BCUT2D eigenvalue weighted by Crippen LogP contribution is -2.30. The van der Waals surface area contributed by atoms with Gasteiger partial charge in [0.25, 0.3) is 0 Å². The standard InChI is InChI=1S/C19H34O3/c1-3-5-6-7-8-9-10-11-12-13-14-17(20)19-16(4-2)15-18(21)22-19/h4,16-17,19-20H,2-3,5-15H2,1H3/t16-,17+,19+/m1/s1. The fraction of sp³-hybridized carbons (Fsp3) is 0.842. The Morgan fingerprint density at radius 1 is 1.14 bits per heavy atom. The van der Waals surface area contributed by atoms with Crippen LogP contribution in [0.3, 0.4) is 0 Å². The van der Waals surface area contributed by atoms with Gasteiger partial charge in [-0.2, -0.15) is 0 Å². The average molecular weight is 310 g/mol. The van der Waals surface area contributed by atoms with Gasteiger partial charge in [-0.15, -0.1) is 6.58 Å². The molecule has 3 atom stereocenters. The van der Waals surface area contributed by atoms with E-state index in [4.69, 9.17) is 4.74 Å². The van der Waals surface area contributed by atoms with E-state index in [2.05, 4.69) is 13.5 Å². The highest BCUT2D eigenvalue weighted by Gasteiger charge is 2.37. The van der Waals surface area contributed by atoms with Crippen LogP contribution in [0.15, 0.2) is 12.7 Å². The molecule has 0 spiro atoms. The molecule has 1 fully saturated rings. The lowest BCUT2D eigenvalue weighted by atomic mass is 9.94. The van der Waals surface area contributed by atoms with Gasteiger partial charge in [0.15, 0.2) is 0 Å². The molecule has 1 aliphatic heterocycles. The van der Waals surface area contributed by atoms with Crippen molar-refractivity contribution in [1.82, 2.24) is 0 Å². The molecule has 0 amide bonds. The third-order valence-electron chi connectivity index (χ3n) is 4.63. The maximum Gasteiger partial charge on any atom is 0.306 e. The van der Waals surface area contributed by atoms with Gasteiger partial charge in [-0.25, -0.2) is 0 Å². The maximum absolute atomic E-state index is 11.3. The first-order valence-corrected chi connectivity index (χ1v) is 9.19. The summed E-state index contributed by atoms with van der Waals surface area (Å²) in [6, 6.07) is 0. The van der Waals surface area contributed by atoms with Crippen LogP contribution in [-0.4, -0.2) is 23.3 Å². The molecule has 3 nitrogen and oxygen atoms in total. The van der Waals surface area contributed by atoms with Crippen molar-refractivity contribution in [2.24, 2.45) is 5.92 Å². The fourth-order valence-corrected chi connectivity index (χ4v) is 3.18. The summed E-state index contributed by atoms with van der Waals surface area (Å²) in [5.41, 5.74) is 0. The highest BCUT2D eigenvalue weighted by atomic mass is 16.6. The van der Waals surface area contributed by atoms with E-state index in [9.17, 15) is 9.90 Å². The van der Waals surface area contributed by atoms with Crippen LogP contribution in [-0.2, 0) is 9.53 Å². The Balaban J connectivity index is 1.98. The van der Waals surface area contributed by atoms with E-state index in [0.717, 1.165) is 19.3 Å². The van der Waals surface area contributed by atoms with E-state index >= 15 is 0 Å². The maximum atomic E-state index is 11.3. The molecule has 0 unspecified atom stereocenters. The predicted molar refractivity (Wildman–Crippen MR) is 90.7 cm³/mol. The molecule has 0 aromatic rings. The van der Waals surface area contributed by atoms with E-state index < -0.39 is 6.10 Å². The van der Waals surface area contributed by atoms with Gasteiger partial charge < -0.3 is 9.84 Å². The number of carbonyl (C=O) groups excluding carboxylic acids is 1. The molecular weight excluding hydrogens is 276 g/mol. The number of aliphatic hydroxyl groups excluding tert-OH is 1. The Bertz CT molecular complexity index is 314. The van der Waals surface area contributed by atoms with Gasteiger partial charge in [-0.1, -0.05) is 77.2 Å². The van der Waals surface area contributed by atoms with Crippen molar-refractivity contribution >= 4 is 5.97 Å². The fourth-order valence-electron chi connectivity index (χ4n) is 3.18. The van der Waals surface area contributed by atoms with Crippen LogP contribution < -0.4 is 0 Å². The summed E-state index contributed by atoms with van der Waals surface area (Å²) in [6.45, 7) is 5.97. The number of cyclic esters (lactones) is 1. The second-order valence-corrected chi connectivity index (χ2v) is 6.60. The van der Waals surface area contributed by atoms with E-state index in [1.807, 2.05) is 0 Å². The lowest BCUT2D eigenvalue weighted by molar-refractivity contribution is -0.145. The first kappa shape index (κ1) is 19.2. The first-order chi connectivity index (χ1) is 10.7. The van der Waals surface area contributed by atoms with Gasteiger partial charge >= 0.3 is 5.97 Å². The Kier molecular flexibility index (Phi) is 10.2. The Labute approximate surface area is 136 Å². The van der Waals surface area contributed by atoms with Gasteiger partial charge in [0.2, 0.25) is 0 Å². The summed E-state index contributed by atoms with van der Waals surface area (Å²) in [6.07, 6.45) is 14.8. The number of unbranched alkanes of at least 4 members (excludes halogenated alkanes) is 9. The molecule has 3 heteroatoms.